The van der Waals surface area contributed by atoms with Crippen LogP contribution >= 0.6 is 0 Å². The van der Waals surface area contributed by atoms with E-state index in [0.29, 0.717) is 13.1 Å². The Kier molecular flexibility index (Phi) is 5.04. The van der Waals surface area contributed by atoms with Gasteiger partial charge in [0.2, 0.25) is 5.91 Å². The van der Waals surface area contributed by atoms with Crippen LogP contribution in [0.4, 0.5) is 4.79 Å². The smallest absolute Gasteiger partial charge is 0.316 e. The maximum atomic E-state index is 11.5. The summed E-state index contributed by atoms with van der Waals surface area (Å²) in [6.07, 6.45) is 1.95. The standard InChI is InChI=1S/C10H20N4O2/c1-14(2)10(16)13-7-6-12-9(15)8-4-3-5-11-8/h8,11H,3-7H2,1-2H3,(H,12,15)(H,13,16)/t8-/m1/s1. The van der Waals surface area contributed by atoms with Crippen molar-refractivity contribution in [3.05, 3.63) is 0 Å². The average molecular weight is 228 g/mol. The van der Waals surface area contributed by atoms with Gasteiger partial charge in [-0.05, 0) is 19.4 Å². The van der Waals surface area contributed by atoms with Crippen LogP contribution in [-0.2, 0) is 4.79 Å². The SMILES string of the molecule is CN(C)C(=O)NCCNC(=O)[C@H]1CCCN1. The molecule has 1 heterocycles. The minimum Gasteiger partial charge on any atom is -0.353 e. The number of nitrogens with zero attached hydrogens (tertiary/aromatic N) is 1. The first-order valence-corrected chi connectivity index (χ1v) is 5.57. The molecule has 3 amide bonds. The third kappa shape index (κ3) is 4.06. The van der Waals surface area contributed by atoms with Crippen molar-refractivity contribution in [2.45, 2.75) is 18.9 Å². The molecule has 3 N–H and O–H groups in total. The molecule has 1 fully saturated rings. The van der Waals surface area contributed by atoms with Crippen LogP contribution in [0.5, 0.6) is 0 Å². The highest BCUT2D eigenvalue weighted by Crippen LogP contribution is 2.03. The van der Waals surface area contributed by atoms with Crippen molar-refractivity contribution < 1.29 is 9.59 Å². The predicted octanol–water partition coefficient (Wildman–Crippen LogP) is -0.874. The summed E-state index contributed by atoms with van der Waals surface area (Å²) >= 11 is 0. The molecule has 6 heteroatoms. The van der Waals surface area contributed by atoms with Gasteiger partial charge in [-0.15, -0.1) is 0 Å². The lowest BCUT2D eigenvalue weighted by Gasteiger charge is -2.13. The Hall–Kier alpha value is -1.30. The monoisotopic (exact) mass is 228 g/mol. The summed E-state index contributed by atoms with van der Waals surface area (Å²) in [6.45, 7) is 1.83. The van der Waals surface area contributed by atoms with E-state index in [1.807, 2.05) is 0 Å². The Balaban J connectivity index is 2.06. The molecule has 0 unspecified atom stereocenters. The highest BCUT2D eigenvalue weighted by molar-refractivity contribution is 5.82. The largest absolute Gasteiger partial charge is 0.353 e. The molecule has 0 spiro atoms. The van der Waals surface area contributed by atoms with E-state index in [1.54, 1.807) is 14.1 Å². The van der Waals surface area contributed by atoms with E-state index in [4.69, 9.17) is 0 Å². The number of hydrogen-bond donors (Lipinski definition) is 3. The topological polar surface area (TPSA) is 73.5 Å². The number of carbonyl (C=O) groups excluding carboxylic acids is 2. The molecule has 0 aromatic carbocycles. The average Bonchev–Trinajstić information content (AvgIpc) is 2.76. The maximum Gasteiger partial charge on any atom is 0.316 e. The van der Waals surface area contributed by atoms with Crippen LogP contribution in [0, 0.1) is 0 Å². The Bertz CT molecular complexity index is 249. The van der Waals surface area contributed by atoms with Crippen LogP contribution < -0.4 is 16.0 Å². The molecule has 1 aliphatic rings. The van der Waals surface area contributed by atoms with E-state index in [1.165, 1.54) is 4.90 Å². The Morgan fingerprint density at radius 1 is 1.31 bits per heavy atom. The summed E-state index contributed by atoms with van der Waals surface area (Å²) in [4.78, 5) is 24.1. The Labute approximate surface area is 95.8 Å². The van der Waals surface area contributed by atoms with Crippen molar-refractivity contribution in [2.24, 2.45) is 0 Å². The molecule has 0 radical (unpaired) electrons. The van der Waals surface area contributed by atoms with Gasteiger partial charge in [0.15, 0.2) is 0 Å². The summed E-state index contributed by atoms with van der Waals surface area (Å²) in [5.41, 5.74) is 0. The molecule has 0 aliphatic carbocycles. The van der Waals surface area contributed by atoms with Gasteiger partial charge in [0.25, 0.3) is 0 Å². The van der Waals surface area contributed by atoms with Crippen LogP contribution in [-0.4, -0.2) is 56.6 Å². The zero-order valence-electron chi connectivity index (χ0n) is 9.88. The van der Waals surface area contributed by atoms with Crippen molar-refractivity contribution in [1.82, 2.24) is 20.9 Å². The maximum absolute atomic E-state index is 11.5. The van der Waals surface area contributed by atoms with Crippen molar-refractivity contribution in [3.63, 3.8) is 0 Å². The van der Waals surface area contributed by atoms with Crippen molar-refractivity contribution in [1.29, 1.82) is 0 Å². The molecule has 92 valence electrons. The number of hydrogen-bond acceptors (Lipinski definition) is 3. The molecule has 0 aromatic rings. The first-order chi connectivity index (χ1) is 7.61. The number of carbonyl (C=O) groups is 2. The second-order valence-corrected chi connectivity index (χ2v) is 4.07. The lowest BCUT2D eigenvalue weighted by molar-refractivity contribution is -0.122. The van der Waals surface area contributed by atoms with Gasteiger partial charge in [-0.2, -0.15) is 0 Å². The molecule has 16 heavy (non-hydrogen) atoms. The van der Waals surface area contributed by atoms with Crippen LogP contribution in [0.15, 0.2) is 0 Å². The fourth-order valence-corrected chi connectivity index (χ4v) is 1.54. The molecular weight excluding hydrogens is 208 g/mol. The fraction of sp³-hybridized carbons (Fsp3) is 0.800. The number of urea groups is 1. The summed E-state index contributed by atoms with van der Waals surface area (Å²) in [6, 6.07) is -0.196. The van der Waals surface area contributed by atoms with Gasteiger partial charge in [-0.25, -0.2) is 4.79 Å². The van der Waals surface area contributed by atoms with E-state index in [2.05, 4.69) is 16.0 Å². The fourth-order valence-electron chi connectivity index (χ4n) is 1.54. The van der Waals surface area contributed by atoms with E-state index >= 15 is 0 Å². The van der Waals surface area contributed by atoms with Crippen LogP contribution in [0.25, 0.3) is 0 Å². The van der Waals surface area contributed by atoms with Crippen LogP contribution in [0.2, 0.25) is 0 Å². The van der Waals surface area contributed by atoms with Gasteiger partial charge < -0.3 is 20.9 Å². The highest BCUT2D eigenvalue weighted by atomic mass is 16.2. The highest BCUT2D eigenvalue weighted by Gasteiger charge is 2.21. The van der Waals surface area contributed by atoms with Gasteiger partial charge in [-0.1, -0.05) is 0 Å². The van der Waals surface area contributed by atoms with E-state index in [0.717, 1.165) is 19.4 Å². The van der Waals surface area contributed by atoms with Gasteiger partial charge in [0, 0.05) is 27.2 Å². The van der Waals surface area contributed by atoms with Crippen molar-refractivity contribution in [3.8, 4) is 0 Å². The molecule has 1 atom stereocenters. The van der Waals surface area contributed by atoms with Crippen LogP contribution in [0.1, 0.15) is 12.8 Å². The molecule has 1 rings (SSSR count). The third-order valence-corrected chi connectivity index (χ3v) is 2.48. The van der Waals surface area contributed by atoms with Crippen molar-refractivity contribution >= 4 is 11.9 Å². The summed E-state index contributed by atoms with van der Waals surface area (Å²) in [5.74, 6) is 0.0246. The van der Waals surface area contributed by atoms with Gasteiger partial charge in [0.05, 0.1) is 6.04 Å². The quantitative estimate of drug-likeness (QED) is 0.547. The van der Waals surface area contributed by atoms with E-state index < -0.39 is 0 Å². The number of rotatable bonds is 4. The minimum atomic E-state index is -0.145. The normalized spacial score (nSPS) is 19.2. The second kappa shape index (κ2) is 6.32. The summed E-state index contributed by atoms with van der Waals surface area (Å²) in [7, 11) is 3.35. The third-order valence-electron chi connectivity index (χ3n) is 2.48. The Morgan fingerprint density at radius 2 is 2.00 bits per heavy atom. The minimum absolute atomic E-state index is 0.0246. The second-order valence-electron chi connectivity index (χ2n) is 4.07. The lowest BCUT2D eigenvalue weighted by Crippen LogP contribution is -2.44. The zero-order valence-corrected chi connectivity index (χ0v) is 9.88. The summed E-state index contributed by atoms with van der Waals surface area (Å²) in [5, 5.41) is 8.58. The van der Waals surface area contributed by atoms with Gasteiger partial charge >= 0.3 is 6.03 Å². The first-order valence-electron chi connectivity index (χ1n) is 5.57. The van der Waals surface area contributed by atoms with E-state index in [9.17, 15) is 9.59 Å². The first kappa shape index (κ1) is 12.8. The van der Waals surface area contributed by atoms with Crippen LogP contribution in [0.3, 0.4) is 0 Å². The van der Waals surface area contributed by atoms with Gasteiger partial charge in [-0.3, -0.25) is 4.79 Å². The zero-order chi connectivity index (χ0) is 12.0. The molecule has 0 aromatic heterocycles. The predicted molar refractivity (Wildman–Crippen MR) is 61.1 cm³/mol. The van der Waals surface area contributed by atoms with E-state index in [-0.39, 0.29) is 18.0 Å². The molecule has 6 nitrogen and oxygen atoms in total. The number of amides is 3. The van der Waals surface area contributed by atoms with Crippen molar-refractivity contribution in [2.75, 3.05) is 33.7 Å². The molecule has 0 saturated carbocycles. The van der Waals surface area contributed by atoms with Gasteiger partial charge in [0.1, 0.15) is 0 Å². The molecule has 1 aliphatic heterocycles. The molecular formula is C10H20N4O2. The Morgan fingerprint density at radius 3 is 2.56 bits per heavy atom. The lowest BCUT2D eigenvalue weighted by atomic mass is 10.2. The number of nitrogens with one attached hydrogen (secondary N) is 3. The molecule has 0 bridgehead atoms. The summed E-state index contributed by atoms with van der Waals surface area (Å²) < 4.78 is 0. The molecule has 1 saturated heterocycles.